The summed E-state index contributed by atoms with van der Waals surface area (Å²) >= 11 is 0. The Bertz CT molecular complexity index is 319. The number of nitrogens with two attached hydrogens (primary N) is 1. The van der Waals surface area contributed by atoms with Gasteiger partial charge in [0, 0.05) is 0 Å². The van der Waals surface area contributed by atoms with Crippen LogP contribution in [0.15, 0.2) is 12.1 Å². The van der Waals surface area contributed by atoms with Gasteiger partial charge in [-0.15, -0.1) is 0 Å². The maximum Gasteiger partial charge on any atom is 0.187 e. The van der Waals surface area contributed by atoms with Gasteiger partial charge < -0.3 is 15.9 Å². The number of phenols is 1. The fraction of sp³-hybridized carbons (Fsp3) is 0.333. The molecule has 2 unspecified atom stereocenters. The molecule has 0 aliphatic heterocycles. The second-order valence-corrected chi connectivity index (χ2v) is 3.10. The molecule has 4 N–H and O–H groups in total. The fourth-order valence-electron chi connectivity index (χ4n) is 1.06. The molecule has 0 spiro atoms. The molecule has 3 nitrogen and oxygen atoms in total. The van der Waals surface area contributed by atoms with Gasteiger partial charge in [0.25, 0.3) is 0 Å². The molecule has 1 rings (SSSR count). The lowest BCUT2D eigenvalue weighted by molar-refractivity contribution is 0.164. The molecule has 0 fully saturated rings. The first-order valence-corrected chi connectivity index (χ1v) is 4.05. The first-order chi connectivity index (χ1) is 6.43. The number of rotatable bonds is 2. The van der Waals surface area contributed by atoms with Crippen LogP contribution in [0.25, 0.3) is 0 Å². The zero-order valence-electron chi connectivity index (χ0n) is 7.54. The molecule has 0 heterocycles. The van der Waals surface area contributed by atoms with Gasteiger partial charge in [0.1, 0.15) is 0 Å². The maximum atomic E-state index is 12.8. The van der Waals surface area contributed by atoms with E-state index in [-0.39, 0.29) is 5.56 Å². The summed E-state index contributed by atoms with van der Waals surface area (Å²) in [5.74, 6) is -3.21. The van der Waals surface area contributed by atoms with E-state index in [1.165, 1.54) is 6.92 Å². The van der Waals surface area contributed by atoms with Crippen LogP contribution in [-0.4, -0.2) is 16.3 Å². The van der Waals surface area contributed by atoms with Crippen LogP contribution < -0.4 is 5.73 Å². The Balaban J connectivity index is 3.12. The highest BCUT2D eigenvalue weighted by molar-refractivity contribution is 5.31. The van der Waals surface area contributed by atoms with Gasteiger partial charge in [0.2, 0.25) is 0 Å². The third-order valence-electron chi connectivity index (χ3n) is 1.94. The summed E-state index contributed by atoms with van der Waals surface area (Å²) in [5.41, 5.74) is 5.57. The molecule has 0 saturated carbocycles. The van der Waals surface area contributed by atoms with E-state index in [9.17, 15) is 8.78 Å². The van der Waals surface area contributed by atoms with Crippen molar-refractivity contribution in [3.63, 3.8) is 0 Å². The molecular formula is C9H11F2NO2. The number of benzene rings is 1. The third-order valence-corrected chi connectivity index (χ3v) is 1.94. The van der Waals surface area contributed by atoms with Crippen LogP contribution in [-0.2, 0) is 0 Å². The fourth-order valence-corrected chi connectivity index (χ4v) is 1.06. The van der Waals surface area contributed by atoms with Crippen molar-refractivity contribution in [1.29, 1.82) is 0 Å². The number of hydrogen-bond acceptors (Lipinski definition) is 3. The Morgan fingerprint density at radius 3 is 2.07 bits per heavy atom. The van der Waals surface area contributed by atoms with Gasteiger partial charge in [-0.05, 0) is 24.6 Å². The Hall–Kier alpha value is -1.20. The SMILES string of the molecule is CC(O)C(N)c1cc(F)c(O)c(F)c1. The molecule has 14 heavy (non-hydrogen) atoms. The summed E-state index contributed by atoms with van der Waals surface area (Å²) in [5, 5.41) is 17.9. The van der Waals surface area contributed by atoms with Crippen molar-refractivity contribution in [3.05, 3.63) is 29.3 Å². The van der Waals surface area contributed by atoms with E-state index in [0.717, 1.165) is 12.1 Å². The minimum Gasteiger partial charge on any atom is -0.503 e. The predicted octanol–water partition coefficient (Wildman–Crippen LogP) is 1.05. The van der Waals surface area contributed by atoms with E-state index in [4.69, 9.17) is 15.9 Å². The molecule has 1 aromatic carbocycles. The quantitative estimate of drug-likeness (QED) is 0.673. The number of aliphatic hydroxyl groups is 1. The highest BCUT2D eigenvalue weighted by atomic mass is 19.1. The molecule has 0 aliphatic carbocycles. The van der Waals surface area contributed by atoms with Gasteiger partial charge in [-0.25, -0.2) is 8.78 Å². The number of phenolic OH excluding ortho intramolecular Hbond substituents is 1. The Kier molecular flexibility index (Phi) is 3.03. The summed E-state index contributed by atoms with van der Waals surface area (Å²) < 4.78 is 25.7. The Morgan fingerprint density at radius 2 is 1.71 bits per heavy atom. The van der Waals surface area contributed by atoms with Crippen LogP contribution in [0.5, 0.6) is 5.75 Å². The normalized spacial score (nSPS) is 15.2. The molecule has 78 valence electrons. The molecule has 0 aromatic heterocycles. The topological polar surface area (TPSA) is 66.5 Å². The van der Waals surface area contributed by atoms with Gasteiger partial charge in [-0.1, -0.05) is 0 Å². The highest BCUT2D eigenvalue weighted by Crippen LogP contribution is 2.25. The second-order valence-electron chi connectivity index (χ2n) is 3.10. The van der Waals surface area contributed by atoms with E-state index in [0.29, 0.717) is 0 Å². The molecule has 0 amide bonds. The number of halogens is 2. The third kappa shape index (κ3) is 2.00. The summed E-state index contributed by atoms with van der Waals surface area (Å²) in [7, 11) is 0. The van der Waals surface area contributed by atoms with Crippen molar-refractivity contribution in [2.24, 2.45) is 5.73 Å². The van der Waals surface area contributed by atoms with Crippen molar-refractivity contribution in [3.8, 4) is 5.75 Å². The molecule has 0 bridgehead atoms. The van der Waals surface area contributed by atoms with Gasteiger partial charge in [0.05, 0.1) is 12.1 Å². The Morgan fingerprint density at radius 1 is 1.29 bits per heavy atom. The van der Waals surface area contributed by atoms with Crippen LogP contribution >= 0.6 is 0 Å². The standard InChI is InChI=1S/C9H11F2NO2/c1-4(13)8(12)5-2-6(10)9(14)7(11)3-5/h2-4,8,13-14H,12H2,1H3. The van der Waals surface area contributed by atoms with Crippen LogP contribution in [0.2, 0.25) is 0 Å². The largest absolute Gasteiger partial charge is 0.503 e. The smallest absolute Gasteiger partial charge is 0.187 e. The van der Waals surface area contributed by atoms with E-state index >= 15 is 0 Å². The molecule has 0 radical (unpaired) electrons. The van der Waals surface area contributed by atoms with Gasteiger partial charge in [-0.2, -0.15) is 0 Å². The summed E-state index contributed by atoms with van der Waals surface area (Å²) in [4.78, 5) is 0. The lowest BCUT2D eigenvalue weighted by Crippen LogP contribution is -2.23. The van der Waals surface area contributed by atoms with Crippen molar-refractivity contribution in [2.75, 3.05) is 0 Å². The van der Waals surface area contributed by atoms with E-state index in [1.807, 2.05) is 0 Å². The summed E-state index contributed by atoms with van der Waals surface area (Å²) in [6.07, 6.45) is -0.918. The van der Waals surface area contributed by atoms with E-state index in [2.05, 4.69) is 0 Å². The van der Waals surface area contributed by atoms with E-state index in [1.54, 1.807) is 0 Å². The van der Waals surface area contributed by atoms with Gasteiger partial charge >= 0.3 is 0 Å². The lowest BCUT2D eigenvalue weighted by atomic mass is 10.0. The Labute approximate surface area is 79.8 Å². The van der Waals surface area contributed by atoms with Crippen LogP contribution in [0.4, 0.5) is 8.78 Å². The maximum absolute atomic E-state index is 12.8. The molecule has 5 heteroatoms. The average Bonchev–Trinajstić information content (AvgIpc) is 2.12. The number of aliphatic hydroxyl groups excluding tert-OH is 1. The molecule has 1 aromatic rings. The van der Waals surface area contributed by atoms with Crippen molar-refractivity contribution >= 4 is 0 Å². The number of hydrogen-bond donors (Lipinski definition) is 3. The lowest BCUT2D eigenvalue weighted by Gasteiger charge is -2.15. The van der Waals surface area contributed by atoms with Crippen LogP contribution in [0, 0.1) is 11.6 Å². The summed E-state index contributed by atoms with van der Waals surface area (Å²) in [6.45, 7) is 1.41. The van der Waals surface area contributed by atoms with Crippen LogP contribution in [0.1, 0.15) is 18.5 Å². The molecule has 0 saturated heterocycles. The van der Waals surface area contributed by atoms with Crippen molar-refractivity contribution < 1.29 is 19.0 Å². The first kappa shape index (κ1) is 10.9. The highest BCUT2D eigenvalue weighted by Gasteiger charge is 2.17. The average molecular weight is 203 g/mol. The molecule has 0 aliphatic rings. The van der Waals surface area contributed by atoms with Gasteiger partial charge in [-0.3, -0.25) is 0 Å². The zero-order chi connectivity index (χ0) is 10.9. The van der Waals surface area contributed by atoms with Crippen LogP contribution in [0.3, 0.4) is 0 Å². The predicted molar refractivity (Wildman–Crippen MR) is 46.6 cm³/mol. The summed E-state index contributed by atoms with van der Waals surface area (Å²) in [6, 6.07) is 0.922. The minimum atomic E-state index is -1.09. The first-order valence-electron chi connectivity index (χ1n) is 4.05. The minimum absolute atomic E-state index is 0.104. The van der Waals surface area contributed by atoms with E-state index < -0.39 is 29.5 Å². The zero-order valence-corrected chi connectivity index (χ0v) is 7.54. The monoisotopic (exact) mass is 203 g/mol. The molecular weight excluding hydrogens is 192 g/mol. The molecule has 2 atom stereocenters. The van der Waals surface area contributed by atoms with Crippen molar-refractivity contribution in [1.82, 2.24) is 0 Å². The number of aromatic hydroxyl groups is 1. The van der Waals surface area contributed by atoms with Crippen molar-refractivity contribution in [2.45, 2.75) is 19.1 Å². The second kappa shape index (κ2) is 3.89. The van der Waals surface area contributed by atoms with Gasteiger partial charge in [0.15, 0.2) is 17.4 Å².